The van der Waals surface area contributed by atoms with Crippen LogP contribution in [0.2, 0.25) is 0 Å². The number of rotatable bonds is 4. The molecule has 14 rings (SSSR count). The fraction of sp³-hybridized carbons (Fsp3) is 0. The lowest BCUT2D eigenvalue weighted by Crippen LogP contribution is -1.94. The minimum absolute atomic E-state index is 0.900. The third-order valence-electron chi connectivity index (χ3n) is 13.1. The summed E-state index contributed by atoms with van der Waals surface area (Å²) in [6, 6.07) is 74.6. The minimum Gasteiger partial charge on any atom is -0.456 e. The maximum Gasteiger partial charge on any atom is 0.135 e. The van der Waals surface area contributed by atoms with Gasteiger partial charge in [-0.2, -0.15) is 0 Å². The zero-order chi connectivity index (χ0) is 40.5. The van der Waals surface area contributed by atoms with Gasteiger partial charge >= 0.3 is 0 Å². The molecule has 14 aromatic rings. The van der Waals surface area contributed by atoms with E-state index in [4.69, 9.17) is 8.83 Å². The third-order valence-corrected chi connectivity index (χ3v) is 13.1. The van der Waals surface area contributed by atoms with E-state index in [1.807, 2.05) is 24.3 Å². The number of aromatic nitrogens is 2. The van der Waals surface area contributed by atoms with Crippen LogP contribution in [-0.4, -0.2) is 9.13 Å². The summed E-state index contributed by atoms with van der Waals surface area (Å²) in [6.07, 6.45) is 0. The van der Waals surface area contributed by atoms with E-state index in [0.717, 1.165) is 55.3 Å². The fourth-order valence-corrected chi connectivity index (χ4v) is 10.2. The highest BCUT2D eigenvalue weighted by molar-refractivity contribution is 6.22. The van der Waals surface area contributed by atoms with Crippen molar-refractivity contribution in [2.75, 3.05) is 0 Å². The molecule has 0 N–H and O–H groups in total. The van der Waals surface area contributed by atoms with Crippen LogP contribution >= 0.6 is 0 Å². The Bertz CT molecular complexity index is 4160. The van der Waals surface area contributed by atoms with Crippen LogP contribution in [-0.2, 0) is 0 Å². The Hall–Kier alpha value is -8.34. The Balaban J connectivity index is 0.917. The highest BCUT2D eigenvalue weighted by Gasteiger charge is 2.19. The molecule has 0 aliphatic carbocycles. The quantitative estimate of drug-likeness (QED) is 0.178. The first-order chi connectivity index (χ1) is 30.7. The van der Waals surface area contributed by atoms with E-state index in [-0.39, 0.29) is 0 Å². The average Bonchev–Trinajstić information content (AvgIpc) is 4.08. The molecule has 288 valence electrons. The standard InChI is InChI=1S/C58H34N2O2/c1-2-10-42-36(9-1)19-28-53-58(42)49-33-39(21-27-52(49)59(53)40-23-17-35(18-24-40)37-22-29-56-47(32-37)44-12-4-7-15-54(44)61-56)38-20-26-51-46(31-38)43-11-3-6-14-50(43)60(51)41-25-30-57-48(34-41)45-13-5-8-16-55(45)62-57/h1-34H. The molecule has 0 unspecified atom stereocenters. The predicted octanol–water partition coefficient (Wildman–Crippen LogP) is 16.2. The molecular weight excluding hydrogens is 757 g/mol. The number of hydrogen-bond acceptors (Lipinski definition) is 2. The van der Waals surface area contributed by atoms with Crippen LogP contribution in [0.4, 0.5) is 0 Å². The average molecular weight is 791 g/mol. The third kappa shape index (κ3) is 4.77. The van der Waals surface area contributed by atoms with Crippen molar-refractivity contribution < 1.29 is 8.83 Å². The number of nitrogens with zero attached hydrogens (tertiary/aromatic N) is 2. The van der Waals surface area contributed by atoms with Gasteiger partial charge < -0.3 is 18.0 Å². The summed E-state index contributed by atoms with van der Waals surface area (Å²) >= 11 is 0. The molecular formula is C58H34N2O2. The molecule has 10 aromatic carbocycles. The molecule has 0 bridgehead atoms. The van der Waals surface area contributed by atoms with Crippen LogP contribution in [0.15, 0.2) is 215 Å². The molecule has 0 aliphatic rings. The first kappa shape index (κ1) is 33.5. The Morgan fingerprint density at radius 2 is 0.726 bits per heavy atom. The molecule has 4 aromatic heterocycles. The Morgan fingerprint density at radius 3 is 1.48 bits per heavy atom. The van der Waals surface area contributed by atoms with E-state index >= 15 is 0 Å². The molecule has 0 aliphatic heterocycles. The van der Waals surface area contributed by atoms with Gasteiger partial charge in [-0.15, -0.1) is 0 Å². The van der Waals surface area contributed by atoms with Crippen molar-refractivity contribution in [2.45, 2.75) is 0 Å². The van der Waals surface area contributed by atoms with Crippen molar-refractivity contribution >= 4 is 98.3 Å². The van der Waals surface area contributed by atoms with Gasteiger partial charge in [-0.1, -0.05) is 115 Å². The fourth-order valence-electron chi connectivity index (χ4n) is 10.2. The Morgan fingerprint density at radius 1 is 0.258 bits per heavy atom. The lowest BCUT2D eigenvalue weighted by molar-refractivity contribution is 0.668. The Kier molecular flexibility index (Phi) is 6.80. The molecule has 62 heavy (non-hydrogen) atoms. The molecule has 0 fully saturated rings. The normalized spacial score (nSPS) is 12.2. The number of para-hydroxylation sites is 3. The smallest absolute Gasteiger partial charge is 0.135 e. The second-order valence-electron chi connectivity index (χ2n) is 16.5. The van der Waals surface area contributed by atoms with Gasteiger partial charge in [0.15, 0.2) is 0 Å². The molecule has 0 saturated heterocycles. The summed E-state index contributed by atoms with van der Waals surface area (Å²) in [4.78, 5) is 0. The van der Waals surface area contributed by atoms with Crippen LogP contribution in [0.5, 0.6) is 0 Å². The number of benzene rings is 10. The monoisotopic (exact) mass is 790 g/mol. The van der Waals surface area contributed by atoms with Gasteiger partial charge in [-0.3, -0.25) is 0 Å². The van der Waals surface area contributed by atoms with E-state index < -0.39 is 0 Å². The zero-order valence-electron chi connectivity index (χ0n) is 33.3. The van der Waals surface area contributed by atoms with Crippen molar-refractivity contribution in [3.05, 3.63) is 206 Å². The van der Waals surface area contributed by atoms with Gasteiger partial charge in [0.1, 0.15) is 22.3 Å². The second-order valence-corrected chi connectivity index (χ2v) is 16.5. The van der Waals surface area contributed by atoms with Crippen LogP contribution in [0, 0.1) is 0 Å². The summed E-state index contributed by atoms with van der Waals surface area (Å²) in [5.41, 5.74) is 15.3. The maximum atomic E-state index is 6.20. The first-order valence-electron chi connectivity index (χ1n) is 21.2. The highest BCUT2D eigenvalue weighted by atomic mass is 16.3. The van der Waals surface area contributed by atoms with E-state index in [9.17, 15) is 0 Å². The molecule has 4 heteroatoms. The number of fused-ring (bicyclic) bond motifs is 14. The highest BCUT2D eigenvalue weighted by Crippen LogP contribution is 2.42. The molecule has 0 atom stereocenters. The SMILES string of the molecule is c1ccc2c(c1)ccc1c2c2cc(-c3ccc4c(c3)c3ccccc3n4-c3ccc4oc5ccccc5c4c3)ccc2n1-c1ccc(-c2ccc3oc4ccccc4c3c2)cc1. The molecule has 4 heterocycles. The van der Waals surface area contributed by atoms with Crippen LogP contribution in [0.3, 0.4) is 0 Å². The summed E-state index contributed by atoms with van der Waals surface area (Å²) in [6.45, 7) is 0. The number of hydrogen-bond donors (Lipinski definition) is 0. The molecule has 0 amide bonds. The summed E-state index contributed by atoms with van der Waals surface area (Å²) < 4.78 is 17.1. The van der Waals surface area contributed by atoms with Gasteiger partial charge in [0.2, 0.25) is 0 Å². The minimum atomic E-state index is 0.900. The van der Waals surface area contributed by atoms with Gasteiger partial charge in [-0.05, 0) is 124 Å². The molecule has 0 spiro atoms. The lowest BCUT2D eigenvalue weighted by atomic mass is 9.99. The number of furan rings is 2. The lowest BCUT2D eigenvalue weighted by Gasteiger charge is -2.10. The van der Waals surface area contributed by atoms with Crippen molar-refractivity contribution in [3.63, 3.8) is 0 Å². The van der Waals surface area contributed by atoms with E-state index in [1.54, 1.807) is 0 Å². The van der Waals surface area contributed by atoms with Crippen LogP contribution < -0.4 is 0 Å². The first-order valence-corrected chi connectivity index (χ1v) is 21.2. The molecule has 0 saturated carbocycles. The van der Waals surface area contributed by atoms with Crippen LogP contribution in [0.1, 0.15) is 0 Å². The van der Waals surface area contributed by atoms with Gasteiger partial charge in [0, 0.05) is 54.5 Å². The van der Waals surface area contributed by atoms with E-state index in [1.165, 1.54) is 76.6 Å². The van der Waals surface area contributed by atoms with Crippen molar-refractivity contribution in [2.24, 2.45) is 0 Å². The molecule has 0 radical (unpaired) electrons. The molecule has 4 nitrogen and oxygen atoms in total. The Labute approximate surface area is 354 Å². The topological polar surface area (TPSA) is 36.1 Å². The summed E-state index contributed by atoms with van der Waals surface area (Å²) in [5, 5.41) is 12.0. The zero-order valence-corrected chi connectivity index (χ0v) is 33.3. The van der Waals surface area contributed by atoms with Crippen molar-refractivity contribution in [3.8, 4) is 33.6 Å². The second kappa shape index (κ2) is 12.6. The largest absolute Gasteiger partial charge is 0.456 e. The van der Waals surface area contributed by atoms with Gasteiger partial charge in [-0.25, -0.2) is 0 Å². The summed E-state index contributed by atoms with van der Waals surface area (Å²) in [7, 11) is 0. The maximum absolute atomic E-state index is 6.20. The van der Waals surface area contributed by atoms with E-state index in [0.29, 0.717) is 0 Å². The van der Waals surface area contributed by atoms with Gasteiger partial charge in [0.25, 0.3) is 0 Å². The predicted molar refractivity (Wildman–Crippen MR) is 258 cm³/mol. The van der Waals surface area contributed by atoms with Gasteiger partial charge in [0.05, 0.1) is 22.1 Å². The van der Waals surface area contributed by atoms with E-state index in [2.05, 4.69) is 191 Å². The van der Waals surface area contributed by atoms with Crippen molar-refractivity contribution in [1.82, 2.24) is 9.13 Å². The summed E-state index contributed by atoms with van der Waals surface area (Å²) in [5.74, 6) is 0. The van der Waals surface area contributed by atoms with Crippen molar-refractivity contribution in [1.29, 1.82) is 0 Å². The van der Waals surface area contributed by atoms with Crippen LogP contribution in [0.25, 0.3) is 132 Å².